The average molecular weight is 409 g/mol. The summed E-state index contributed by atoms with van der Waals surface area (Å²) in [5.74, 6) is -1.24. The second-order valence-corrected chi connectivity index (χ2v) is 8.19. The highest BCUT2D eigenvalue weighted by Gasteiger charge is 2.16. The number of carbonyl (C=O) groups is 2. The maximum atomic E-state index is 12.3. The number of aryl methyl sites for hydroxylation is 3. The average Bonchev–Trinajstić information content (AvgIpc) is 2.71. The van der Waals surface area contributed by atoms with Gasteiger partial charge in [0.05, 0.1) is 0 Å². The molecule has 160 valence electrons. The molecule has 0 aliphatic carbocycles. The van der Waals surface area contributed by atoms with Crippen molar-refractivity contribution in [1.29, 1.82) is 0 Å². The number of nitrogens with one attached hydrogen (secondary N) is 2. The van der Waals surface area contributed by atoms with E-state index in [1.807, 2.05) is 32.9 Å². The Hall–Kier alpha value is -2.86. The Kier molecular flexibility index (Phi) is 7.11. The molecule has 1 saturated heterocycles. The van der Waals surface area contributed by atoms with Gasteiger partial charge in [0.1, 0.15) is 0 Å². The summed E-state index contributed by atoms with van der Waals surface area (Å²) in [5, 5.41) is 5.46. The van der Waals surface area contributed by atoms with Crippen molar-refractivity contribution in [2.75, 3.05) is 50.0 Å². The third-order valence-corrected chi connectivity index (χ3v) is 5.63. The lowest BCUT2D eigenvalue weighted by Gasteiger charge is -2.34. The molecular formula is C24H32N4O2. The lowest BCUT2D eigenvalue weighted by atomic mass is 10.1. The normalized spacial score (nSPS) is 14.5. The lowest BCUT2D eigenvalue weighted by molar-refractivity contribution is -0.136. The van der Waals surface area contributed by atoms with Crippen LogP contribution >= 0.6 is 0 Å². The minimum absolute atomic E-state index is 0.423. The van der Waals surface area contributed by atoms with Gasteiger partial charge in [-0.2, -0.15) is 0 Å². The van der Waals surface area contributed by atoms with Gasteiger partial charge in [0.2, 0.25) is 0 Å². The van der Waals surface area contributed by atoms with Crippen molar-refractivity contribution < 1.29 is 9.59 Å². The Balaban J connectivity index is 1.46. The number of carbonyl (C=O) groups excluding carboxylic acids is 2. The molecule has 2 N–H and O–H groups in total. The van der Waals surface area contributed by atoms with Crippen LogP contribution in [0.1, 0.15) is 22.3 Å². The number of anilines is 2. The molecule has 1 fully saturated rings. The van der Waals surface area contributed by atoms with E-state index in [1.165, 1.54) is 5.69 Å². The van der Waals surface area contributed by atoms with E-state index in [4.69, 9.17) is 0 Å². The highest BCUT2D eigenvalue weighted by molar-refractivity contribution is 6.39. The van der Waals surface area contributed by atoms with Gasteiger partial charge in [0.15, 0.2) is 0 Å². The topological polar surface area (TPSA) is 64.7 Å². The van der Waals surface area contributed by atoms with Crippen molar-refractivity contribution in [3.05, 3.63) is 58.7 Å². The molecule has 2 amide bonds. The second kappa shape index (κ2) is 9.76. The smallest absolute Gasteiger partial charge is 0.313 e. The van der Waals surface area contributed by atoms with Crippen LogP contribution < -0.4 is 15.5 Å². The first kappa shape index (κ1) is 21.8. The molecule has 6 heteroatoms. The number of nitrogens with zero attached hydrogens (tertiary/aromatic N) is 2. The Morgan fingerprint density at radius 2 is 1.50 bits per heavy atom. The van der Waals surface area contributed by atoms with E-state index in [-0.39, 0.29) is 0 Å². The minimum atomic E-state index is -0.629. The van der Waals surface area contributed by atoms with Crippen LogP contribution in [0, 0.1) is 20.8 Å². The number of rotatable bonds is 5. The fraction of sp³-hybridized carbons (Fsp3) is 0.417. The zero-order valence-electron chi connectivity index (χ0n) is 18.4. The van der Waals surface area contributed by atoms with Crippen LogP contribution in [0.4, 0.5) is 11.4 Å². The number of hydrogen-bond donors (Lipinski definition) is 2. The minimum Gasteiger partial charge on any atom is -0.369 e. The monoisotopic (exact) mass is 408 g/mol. The largest absolute Gasteiger partial charge is 0.369 e. The molecule has 30 heavy (non-hydrogen) atoms. The van der Waals surface area contributed by atoms with Crippen LogP contribution in [-0.2, 0) is 16.0 Å². The number of likely N-dealkylation sites (N-methyl/N-ethyl adjacent to an activating group) is 1. The molecule has 1 aliphatic rings. The number of piperazine rings is 1. The molecule has 1 heterocycles. The van der Waals surface area contributed by atoms with Crippen molar-refractivity contribution in [2.45, 2.75) is 27.2 Å². The lowest BCUT2D eigenvalue weighted by Crippen LogP contribution is -2.44. The van der Waals surface area contributed by atoms with Gasteiger partial charge in [-0.15, -0.1) is 0 Å². The second-order valence-electron chi connectivity index (χ2n) is 8.19. The highest BCUT2D eigenvalue weighted by atomic mass is 16.2. The summed E-state index contributed by atoms with van der Waals surface area (Å²) in [6.45, 7) is 10.5. The third-order valence-electron chi connectivity index (χ3n) is 5.63. The Labute approximate surface area is 179 Å². The summed E-state index contributed by atoms with van der Waals surface area (Å²) < 4.78 is 0. The van der Waals surface area contributed by atoms with Gasteiger partial charge in [-0.05, 0) is 63.1 Å². The van der Waals surface area contributed by atoms with Crippen LogP contribution in [0.15, 0.2) is 36.4 Å². The van der Waals surface area contributed by atoms with E-state index in [1.54, 1.807) is 0 Å². The van der Waals surface area contributed by atoms with Crippen molar-refractivity contribution in [3.63, 3.8) is 0 Å². The fourth-order valence-corrected chi connectivity index (χ4v) is 3.89. The molecule has 2 aromatic rings. The molecule has 2 aromatic carbocycles. The first-order valence-corrected chi connectivity index (χ1v) is 10.5. The van der Waals surface area contributed by atoms with Crippen molar-refractivity contribution in [3.8, 4) is 0 Å². The maximum Gasteiger partial charge on any atom is 0.313 e. The maximum absolute atomic E-state index is 12.3. The molecule has 0 saturated carbocycles. The zero-order valence-corrected chi connectivity index (χ0v) is 18.4. The van der Waals surface area contributed by atoms with Gasteiger partial charge in [-0.1, -0.05) is 29.8 Å². The van der Waals surface area contributed by atoms with Crippen molar-refractivity contribution in [1.82, 2.24) is 10.2 Å². The molecule has 0 atom stereocenters. The molecular weight excluding hydrogens is 376 g/mol. The van der Waals surface area contributed by atoms with Gasteiger partial charge in [-0.3, -0.25) is 9.59 Å². The van der Waals surface area contributed by atoms with E-state index in [9.17, 15) is 9.59 Å². The summed E-state index contributed by atoms with van der Waals surface area (Å²) in [6.07, 6.45) is 0.685. The molecule has 3 rings (SSSR count). The fourth-order valence-electron chi connectivity index (χ4n) is 3.89. The van der Waals surface area contributed by atoms with Crippen molar-refractivity contribution >= 4 is 23.2 Å². The number of amides is 2. The van der Waals surface area contributed by atoms with Crippen molar-refractivity contribution in [2.24, 2.45) is 0 Å². The van der Waals surface area contributed by atoms with Gasteiger partial charge < -0.3 is 20.4 Å². The SMILES string of the molecule is Cc1cc(C)c(NC(=O)C(=O)NCCc2ccc(N3CCN(C)CC3)cc2)c(C)c1. The summed E-state index contributed by atoms with van der Waals surface area (Å²) in [4.78, 5) is 29.2. The number of hydrogen-bond acceptors (Lipinski definition) is 4. The van der Waals surface area contributed by atoms with E-state index >= 15 is 0 Å². The van der Waals surface area contributed by atoms with Gasteiger partial charge in [0.25, 0.3) is 0 Å². The molecule has 0 bridgehead atoms. The molecule has 1 aliphatic heterocycles. The first-order valence-electron chi connectivity index (χ1n) is 10.5. The highest BCUT2D eigenvalue weighted by Crippen LogP contribution is 2.21. The predicted molar refractivity (Wildman–Crippen MR) is 122 cm³/mol. The third kappa shape index (κ3) is 5.60. The Morgan fingerprint density at radius 1 is 0.900 bits per heavy atom. The molecule has 0 spiro atoms. The molecule has 0 aromatic heterocycles. The summed E-state index contributed by atoms with van der Waals surface area (Å²) >= 11 is 0. The summed E-state index contributed by atoms with van der Waals surface area (Å²) in [7, 11) is 2.15. The molecule has 6 nitrogen and oxygen atoms in total. The number of benzene rings is 2. The summed E-state index contributed by atoms with van der Waals surface area (Å²) in [5.41, 5.74) is 6.12. The molecule has 0 unspecified atom stereocenters. The van der Waals surface area contributed by atoms with Gasteiger partial charge >= 0.3 is 11.8 Å². The van der Waals surface area contributed by atoms with Crippen LogP contribution in [0.2, 0.25) is 0 Å². The zero-order chi connectivity index (χ0) is 21.7. The summed E-state index contributed by atoms with van der Waals surface area (Å²) in [6, 6.07) is 12.5. The van der Waals surface area contributed by atoms with E-state index in [0.717, 1.165) is 48.4 Å². The Morgan fingerprint density at radius 3 is 2.10 bits per heavy atom. The van der Waals surface area contributed by atoms with Crippen LogP contribution in [-0.4, -0.2) is 56.5 Å². The van der Waals surface area contributed by atoms with Gasteiger partial charge in [0, 0.05) is 44.1 Å². The van der Waals surface area contributed by atoms with E-state index in [2.05, 4.69) is 51.7 Å². The van der Waals surface area contributed by atoms with Crippen LogP contribution in [0.25, 0.3) is 0 Å². The van der Waals surface area contributed by atoms with Gasteiger partial charge in [-0.25, -0.2) is 0 Å². The molecule has 0 radical (unpaired) electrons. The first-order chi connectivity index (χ1) is 14.3. The quantitative estimate of drug-likeness (QED) is 0.747. The standard InChI is InChI=1S/C24H32N4O2/c1-17-15-18(2)22(19(3)16-17)26-24(30)23(29)25-10-9-20-5-7-21(8-6-20)28-13-11-27(4)12-14-28/h5-8,15-16H,9-14H2,1-4H3,(H,25,29)(H,26,30). The van der Waals surface area contributed by atoms with E-state index < -0.39 is 11.8 Å². The van der Waals surface area contributed by atoms with Crippen LogP contribution in [0.5, 0.6) is 0 Å². The van der Waals surface area contributed by atoms with Crippen LogP contribution in [0.3, 0.4) is 0 Å². The predicted octanol–water partition coefficient (Wildman–Crippen LogP) is 2.66. The van der Waals surface area contributed by atoms with E-state index in [0.29, 0.717) is 18.7 Å². The Bertz CT molecular complexity index is 877.